The molecule has 2 N–H and O–H groups in total. The van der Waals surface area contributed by atoms with Gasteiger partial charge in [-0.05, 0) is 12.1 Å². The maximum atomic E-state index is 11.9. The number of fused-ring (bicyclic) bond motifs is 1. The number of pyridine rings is 1. The monoisotopic (exact) mass is 244 g/mol. The number of piperazine rings is 1. The molecule has 0 spiro atoms. The van der Waals surface area contributed by atoms with E-state index in [1.165, 1.54) is 0 Å². The molecule has 2 aromatic rings. The number of nitrogens with one attached hydrogen (secondary N) is 2. The Hall–Kier alpha value is -1.88. The third-order valence-electron chi connectivity index (χ3n) is 3.27. The Kier molecular flexibility index (Phi) is 2.76. The molecule has 1 aliphatic rings. The van der Waals surface area contributed by atoms with Crippen LogP contribution in [0, 0.1) is 0 Å². The molecule has 0 saturated carbocycles. The summed E-state index contributed by atoms with van der Waals surface area (Å²) < 4.78 is 2.05. The number of imidazole rings is 1. The van der Waals surface area contributed by atoms with E-state index in [0.29, 0.717) is 6.54 Å². The second-order valence-corrected chi connectivity index (χ2v) is 4.40. The smallest absolute Gasteiger partial charge is 0.243 e. The first-order valence-corrected chi connectivity index (χ1v) is 6.28. The SMILES string of the molecule is CCc1nc(C2NCCNC2=O)c2ccccn12. The quantitative estimate of drug-likeness (QED) is 0.816. The van der Waals surface area contributed by atoms with Crippen LogP contribution in [-0.4, -0.2) is 28.4 Å². The first-order chi connectivity index (χ1) is 8.81. The Labute approximate surface area is 105 Å². The molecule has 5 nitrogen and oxygen atoms in total. The third kappa shape index (κ3) is 1.67. The van der Waals surface area contributed by atoms with Gasteiger partial charge in [0.25, 0.3) is 0 Å². The number of hydrogen-bond acceptors (Lipinski definition) is 3. The largest absolute Gasteiger partial charge is 0.353 e. The minimum atomic E-state index is -0.337. The minimum Gasteiger partial charge on any atom is -0.353 e. The van der Waals surface area contributed by atoms with Crippen LogP contribution in [0.15, 0.2) is 24.4 Å². The molecule has 1 amide bonds. The van der Waals surface area contributed by atoms with Crippen molar-refractivity contribution in [1.82, 2.24) is 20.0 Å². The van der Waals surface area contributed by atoms with Crippen molar-refractivity contribution in [2.24, 2.45) is 0 Å². The lowest BCUT2D eigenvalue weighted by molar-refractivity contribution is -0.124. The van der Waals surface area contributed by atoms with E-state index in [2.05, 4.69) is 26.9 Å². The van der Waals surface area contributed by atoms with Crippen LogP contribution >= 0.6 is 0 Å². The molecule has 18 heavy (non-hydrogen) atoms. The van der Waals surface area contributed by atoms with Crippen molar-refractivity contribution >= 4 is 11.4 Å². The number of aromatic nitrogens is 2. The maximum absolute atomic E-state index is 11.9. The lowest BCUT2D eigenvalue weighted by Crippen LogP contribution is -2.47. The Morgan fingerprint density at radius 2 is 2.33 bits per heavy atom. The molecule has 0 aromatic carbocycles. The molecule has 0 radical (unpaired) electrons. The molecule has 0 aliphatic carbocycles. The summed E-state index contributed by atoms with van der Waals surface area (Å²) >= 11 is 0. The van der Waals surface area contributed by atoms with E-state index in [-0.39, 0.29) is 11.9 Å². The number of amides is 1. The number of carbonyl (C=O) groups excluding carboxylic acids is 1. The van der Waals surface area contributed by atoms with Crippen molar-refractivity contribution in [3.05, 3.63) is 35.9 Å². The number of aryl methyl sites for hydroxylation is 1. The molecule has 2 aromatic heterocycles. The predicted molar refractivity (Wildman–Crippen MR) is 68.3 cm³/mol. The zero-order chi connectivity index (χ0) is 12.5. The molecule has 5 heteroatoms. The van der Waals surface area contributed by atoms with E-state index >= 15 is 0 Å². The highest BCUT2D eigenvalue weighted by molar-refractivity contribution is 5.85. The predicted octanol–water partition coefficient (Wildman–Crippen LogP) is 0.657. The maximum Gasteiger partial charge on any atom is 0.243 e. The van der Waals surface area contributed by atoms with Gasteiger partial charge in [-0.3, -0.25) is 10.1 Å². The lowest BCUT2D eigenvalue weighted by Gasteiger charge is -2.22. The van der Waals surface area contributed by atoms with Crippen molar-refractivity contribution in [2.45, 2.75) is 19.4 Å². The van der Waals surface area contributed by atoms with Gasteiger partial charge in [-0.25, -0.2) is 4.98 Å². The zero-order valence-corrected chi connectivity index (χ0v) is 10.3. The first-order valence-electron chi connectivity index (χ1n) is 6.28. The van der Waals surface area contributed by atoms with Gasteiger partial charge in [-0.2, -0.15) is 0 Å². The Bertz CT molecular complexity index is 590. The van der Waals surface area contributed by atoms with Gasteiger partial charge in [0.05, 0.1) is 11.2 Å². The van der Waals surface area contributed by atoms with Crippen LogP contribution in [0.2, 0.25) is 0 Å². The van der Waals surface area contributed by atoms with Gasteiger partial charge in [0.15, 0.2) is 0 Å². The standard InChI is InChI=1S/C13H16N4O/c1-2-10-16-11(9-5-3-4-8-17(9)10)12-13(18)15-7-6-14-12/h3-5,8,12,14H,2,6-7H2,1H3,(H,15,18). The fraction of sp³-hybridized carbons (Fsp3) is 0.385. The molecule has 1 saturated heterocycles. The van der Waals surface area contributed by atoms with Gasteiger partial charge in [0.1, 0.15) is 11.9 Å². The molecular formula is C13H16N4O. The molecule has 1 atom stereocenters. The summed E-state index contributed by atoms with van der Waals surface area (Å²) in [5, 5.41) is 6.10. The summed E-state index contributed by atoms with van der Waals surface area (Å²) in [7, 11) is 0. The lowest BCUT2D eigenvalue weighted by atomic mass is 10.1. The minimum absolute atomic E-state index is 0.00718. The Morgan fingerprint density at radius 3 is 3.11 bits per heavy atom. The van der Waals surface area contributed by atoms with Crippen LogP contribution in [0.5, 0.6) is 0 Å². The van der Waals surface area contributed by atoms with Crippen LogP contribution in [-0.2, 0) is 11.2 Å². The first kappa shape index (κ1) is 11.2. The fourth-order valence-corrected chi connectivity index (χ4v) is 2.41. The van der Waals surface area contributed by atoms with Gasteiger partial charge in [-0.1, -0.05) is 13.0 Å². The summed E-state index contributed by atoms with van der Waals surface area (Å²) in [4.78, 5) is 16.5. The second-order valence-electron chi connectivity index (χ2n) is 4.40. The van der Waals surface area contributed by atoms with E-state index in [0.717, 1.165) is 30.0 Å². The van der Waals surface area contributed by atoms with Crippen molar-refractivity contribution in [3.63, 3.8) is 0 Å². The highest BCUT2D eigenvalue weighted by Gasteiger charge is 2.27. The number of rotatable bonds is 2. The highest BCUT2D eigenvalue weighted by atomic mass is 16.2. The van der Waals surface area contributed by atoms with Crippen LogP contribution in [0.25, 0.3) is 5.52 Å². The zero-order valence-electron chi connectivity index (χ0n) is 10.3. The summed E-state index contributed by atoms with van der Waals surface area (Å²) in [5.41, 5.74) is 1.83. The van der Waals surface area contributed by atoms with Gasteiger partial charge < -0.3 is 9.72 Å². The molecular weight excluding hydrogens is 228 g/mol. The molecule has 0 bridgehead atoms. The number of carbonyl (C=O) groups is 1. The molecule has 3 rings (SSSR count). The topological polar surface area (TPSA) is 58.4 Å². The summed E-state index contributed by atoms with van der Waals surface area (Å²) in [6.07, 6.45) is 2.84. The van der Waals surface area contributed by atoms with Crippen LogP contribution < -0.4 is 10.6 Å². The van der Waals surface area contributed by atoms with Crippen LogP contribution in [0.3, 0.4) is 0 Å². The van der Waals surface area contributed by atoms with Crippen LogP contribution in [0.1, 0.15) is 24.5 Å². The normalized spacial score (nSPS) is 20.1. The second kappa shape index (κ2) is 4.42. The molecule has 94 valence electrons. The van der Waals surface area contributed by atoms with E-state index in [1.54, 1.807) is 0 Å². The summed E-state index contributed by atoms with van der Waals surface area (Å²) in [6, 6.07) is 5.62. The molecule has 1 aliphatic heterocycles. The number of hydrogen-bond donors (Lipinski definition) is 2. The molecule has 3 heterocycles. The van der Waals surface area contributed by atoms with E-state index in [9.17, 15) is 4.79 Å². The van der Waals surface area contributed by atoms with Crippen molar-refractivity contribution < 1.29 is 4.79 Å². The van der Waals surface area contributed by atoms with Gasteiger partial charge in [-0.15, -0.1) is 0 Å². The molecule has 1 unspecified atom stereocenters. The van der Waals surface area contributed by atoms with Crippen molar-refractivity contribution in [3.8, 4) is 0 Å². The van der Waals surface area contributed by atoms with Gasteiger partial charge in [0, 0.05) is 25.7 Å². The van der Waals surface area contributed by atoms with Crippen molar-refractivity contribution in [1.29, 1.82) is 0 Å². The van der Waals surface area contributed by atoms with Gasteiger partial charge in [0.2, 0.25) is 5.91 Å². The van der Waals surface area contributed by atoms with E-state index < -0.39 is 0 Å². The Balaban J connectivity index is 2.13. The summed E-state index contributed by atoms with van der Waals surface area (Å²) in [6.45, 7) is 3.53. The number of nitrogens with zero attached hydrogens (tertiary/aromatic N) is 2. The average molecular weight is 244 g/mol. The van der Waals surface area contributed by atoms with Crippen LogP contribution in [0.4, 0.5) is 0 Å². The fourth-order valence-electron chi connectivity index (χ4n) is 2.41. The average Bonchev–Trinajstić information content (AvgIpc) is 2.78. The third-order valence-corrected chi connectivity index (χ3v) is 3.27. The highest BCUT2D eigenvalue weighted by Crippen LogP contribution is 2.21. The van der Waals surface area contributed by atoms with E-state index in [4.69, 9.17) is 0 Å². The summed E-state index contributed by atoms with van der Waals surface area (Å²) in [5.74, 6) is 0.994. The van der Waals surface area contributed by atoms with Gasteiger partial charge >= 0.3 is 0 Å². The van der Waals surface area contributed by atoms with Crippen molar-refractivity contribution in [2.75, 3.05) is 13.1 Å². The Morgan fingerprint density at radius 1 is 1.44 bits per heavy atom. The molecule has 1 fully saturated rings. The van der Waals surface area contributed by atoms with E-state index in [1.807, 2.05) is 24.4 Å².